The molecule has 2 amide bonds. The minimum atomic E-state index is -0.776. The lowest BCUT2D eigenvalue weighted by Gasteiger charge is -2.25. The summed E-state index contributed by atoms with van der Waals surface area (Å²) < 4.78 is 5.34. The molecular formula is C36H59N3O6S. The van der Waals surface area contributed by atoms with Crippen molar-refractivity contribution in [3.63, 3.8) is 0 Å². The Labute approximate surface area is 281 Å². The molecule has 1 aromatic rings. The van der Waals surface area contributed by atoms with Crippen LogP contribution < -0.4 is 16.4 Å². The molecule has 0 aliphatic rings. The molecule has 4 unspecified atom stereocenters. The lowest BCUT2D eigenvalue weighted by atomic mass is 9.88. The Morgan fingerprint density at radius 2 is 1.52 bits per heavy atom. The number of ether oxygens (including phenoxy) is 1. The second-order valence-corrected chi connectivity index (χ2v) is 14.4. The van der Waals surface area contributed by atoms with E-state index in [4.69, 9.17) is 10.5 Å². The van der Waals surface area contributed by atoms with Gasteiger partial charge in [-0.1, -0.05) is 71.9 Å². The van der Waals surface area contributed by atoms with Gasteiger partial charge in [-0.05, 0) is 67.9 Å². The Morgan fingerprint density at radius 3 is 2.11 bits per heavy atom. The second kappa shape index (κ2) is 22.7. The van der Waals surface area contributed by atoms with Crippen LogP contribution in [0.3, 0.4) is 0 Å². The largest absolute Gasteiger partial charge is 0.465 e. The van der Waals surface area contributed by atoms with Gasteiger partial charge in [-0.25, -0.2) is 0 Å². The molecule has 0 heterocycles. The van der Waals surface area contributed by atoms with Crippen molar-refractivity contribution >= 4 is 41.1 Å². The highest BCUT2D eigenvalue weighted by atomic mass is 32.2. The fourth-order valence-corrected chi connectivity index (χ4v) is 5.61. The first-order valence-electron chi connectivity index (χ1n) is 16.8. The summed E-state index contributed by atoms with van der Waals surface area (Å²) in [6.45, 7) is 12.2. The average Bonchev–Trinajstić information content (AvgIpc) is 3.00. The molecule has 4 N–H and O–H groups in total. The Bertz CT molecular complexity index is 1080. The number of benzene rings is 1. The van der Waals surface area contributed by atoms with Crippen molar-refractivity contribution in [2.45, 2.75) is 105 Å². The highest BCUT2D eigenvalue weighted by Gasteiger charge is 2.31. The summed E-state index contributed by atoms with van der Waals surface area (Å²) >= 11 is 1.59. The lowest BCUT2D eigenvalue weighted by Crippen LogP contribution is -2.46. The molecule has 4 atom stereocenters. The van der Waals surface area contributed by atoms with Crippen molar-refractivity contribution in [2.75, 3.05) is 25.2 Å². The van der Waals surface area contributed by atoms with E-state index in [1.165, 1.54) is 0 Å². The van der Waals surface area contributed by atoms with Crippen LogP contribution in [0.25, 0.3) is 0 Å². The maximum Gasteiger partial charge on any atom is 0.306 e. The molecule has 46 heavy (non-hydrogen) atoms. The van der Waals surface area contributed by atoms with Gasteiger partial charge in [0.1, 0.15) is 0 Å². The number of Topliss-reactive ketones (excluding diaryl/α,β-unsaturated/α-hetero) is 2. The summed E-state index contributed by atoms with van der Waals surface area (Å²) in [4.78, 5) is 65.2. The number of hydrogen-bond acceptors (Lipinski definition) is 8. The summed E-state index contributed by atoms with van der Waals surface area (Å²) in [7, 11) is 0. The molecule has 0 aromatic heterocycles. The predicted molar refractivity (Wildman–Crippen MR) is 186 cm³/mol. The number of hydrogen-bond donors (Lipinski definition) is 3. The third kappa shape index (κ3) is 17.3. The van der Waals surface area contributed by atoms with Crippen molar-refractivity contribution in [1.82, 2.24) is 10.6 Å². The molecule has 0 spiro atoms. The minimum absolute atomic E-state index is 0.0297. The number of nitrogens with one attached hydrogen (secondary N) is 2. The van der Waals surface area contributed by atoms with Crippen LogP contribution in [0.15, 0.2) is 30.3 Å². The van der Waals surface area contributed by atoms with Gasteiger partial charge in [0, 0.05) is 30.7 Å². The van der Waals surface area contributed by atoms with E-state index in [1.807, 2.05) is 78.1 Å². The number of carbonyl (C=O) groups is 5. The molecule has 0 saturated carbocycles. The first-order valence-corrected chi connectivity index (χ1v) is 18.2. The van der Waals surface area contributed by atoms with Crippen LogP contribution in [0, 0.1) is 29.6 Å². The Hall–Kier alpha value is -2.72. The number of ketones is 2. The monoisotopic (exact) mass is 661 g/mol. The summed E-state index contributed by atoms with van der Waals surface area (Å²) in [6.07, 6.45) is 5.09. The van der Waals surface area contributed by atoms with Gasteiger partial charge >= 0.3 is 5.97 Å². The van der Waals surface area contributed by atoms with E-state index in [9.17, 15) is 24.0 Å². The first kappa shape index (κ1) is 41.3. The fraction of sp³-hybridized carbons (Fsp3) is 0.694. The van der Waals surface area contributed by atoms with Gasteiger partial charge < -0.3 is 21.1 Å². The Kier molecular flexibility index (Phi) is 20.4. The third-order valence-electron chi connectivity index (χ3n) is 7.76. The van der Waals surface area contributed by atoms with E-state index in [0.29, 0.717) is 57.4 Å². The van der Waals surface area contributed by atoms with E-state index in [0.717, 1.165) is 5.56 Å². The zero-order valence-corrected chi connectivity index (χ0v) is 30.0. The van der Waals surface area contributed by atoms with Crippen LogP contribution in [0.2, 0.25) is 0 Å². The summed E-state index contributed by atoms with van der Waals surface area (Å²) in [5.74, 6) is -1.49. The van der Waals surface area contributed by atoms with E-state index in [2.05, 4.69) is 10.6 Å². The van der Waals surface area contributed by atoms with Crippen molar-refractivity contribution < 1.29 is 28.7 Å². The Balaban J connectivity index is 2.98. The number of amides is 2. The van der Waals surface area contributed by atoms with Gasteiger partial charge in [0.15, 0.2) is 11.6 Å². The highest BCUT2D eigenvalue weighted by molar-refractivity contribution is 7.98. The zero-order valence-electron chi connectivity index (χ0n) is 29.1. The number of nitrogens with two attached hydrogens (primary N) is 1. The smallest absolute Gasteiger partial charge is 0.306 e. The second-order valence-electron chi connectivity index (χ2n) is 13.5. The van der Waals surface area contributed by atoms with Crippen LogP contribution in [0.1, 0.15) is 92.1 Å². The SMILES string of the molecule is CSCCC(CC(=O)OCC(C)C)C(=O)NC(CC(C)C)C(=O)CC(Cc1ccccc1)C(=O)NCCCCC(N)C(=O)C(C)C. The van der Waals surface area contributed by atoms with Crippen molar-refractivity contribution in [3.05, 3.63) is 35.9 Å². The van der Waals surface area contributed by atoms with E-state index >= 15 is 0 Å². The molecule has 1 rings (SSSR count). The summed E-state index contributed by atoms with van der Waals surface area (Å²) in [5.41, 5.74) is 6.95. The van der Waals surface area contributed by atoms with Crippen LogP contribution in [0.5, 0.6) is 0 Å². The van der Waals surface area contributed by atoms with E-state index < -0.39 is 29.9 Å². The summed E-state index contributed by atoms with van der Waals surface area (Å²) in [6, 6.07) is 8.28. The van der Waals surface area contributed by atoms with Crippen molar-refractivity contribution in [3.8, 4) is 0 Å². The van der Waals surface area contributed by atoms with Crippen LogP contribution >= 0.6 is 11.8 Å². The van der Waals surface area contributed by atoms with Gasteiger partial charge in [0.2, 0.25) is 11.8 Å². The van der Waals surface area contributed by atoms with Gasteiger partial charge in [0.05, 0.1) is 25.1 Å². The maximum absolute atomic E-state index is 13.8. The number of thioether (sulfide) groups is 1. The third-order valence-corrected chi connectivity index (χ3v) is 8.41. The number of unbranched alkanes of at least 4 members (excludes halogenated alkanes) is 1. The lowest BCUT2D eigenvalue weighted by molar-refractivity contribution is -0.148. The van der Waals surface area contributed by atoms with Crippen LogP contribution in [-0.2, 0) is 35.1 Å². The van der Waals surface area contributed by atoms with Gasteiger partial charge in [-0.3, -0.25) is 24.0 Å². The minimum Gasteiger partial charge on any atom is -0.465 e. The van der Waals surface area contributed by atoms with Crippen molar-refractivity contribution in [1.29, 1.82) is 0 Å². The molecule has 0 aliphatic heterocycles. The molecule has 260 valence electrons. The van der Waals surface area contributed by atoms with Gasteiger partial charge in [-0.2, -0.15) is 11.8 Å². The zero-order chi connectivity index (χ0) is 34.6. The van der Waals surface area contributed by atoms with Gasteiger partial charge in [0.25, 0.3) is 0 Å². The normalized spacial score (nSPS) is 14.1. The fourth-order valence-electron chi connectivity index (χ4n) is 5.09. The number of rotatable bonds is 24. The van der Waals surface area contributed by atoms with E-state index in [1.54, 1.807) is 11.8 Å². The molecule has 0 saturated heterocycles. The van der Waals surface area contributed by atoms with Crippen LogP contribution in [-0.4, -0.2) is 66.6 Å². The first-order chi connectivity index (χ1) is 21.7. The quantitative estimate of drug-likeness (QED) is 0.102. The number of esters is 1. The molecule has 0 radical (unpaired) electrons. The summed E-state index contributed by atoms with van der Waals surface area (Å²) in [5, 5.41) is 5.93. The molecule has 0 bridgehead atoms. The molecular weight excluding hydrogens is 602 g/mol. The van der Waals surface area contributed by atoms with Crippen molar-refractivity contribution in [2.24, 2.45) is 35.3 Å². The van der Waals surface area contributed by atoms with Gasteiger partial charge in [-0.15, -0.1) is 0 Å². The average molecular weight is 662 g/mol. The molecule has 0 fully saturated rings. The highest BCUT2D eigenvalue weighted by Crippen LogP contribution is 2.19. The standard InChI is InChI=1S/C36H59N3O6S/c1-24(2)19-31(39-36(44)28(16-18-46-7)22-33(41)45-23-25(3)4)32(40)21-29(20-27-13-9-8-10-14-27)35(43)38-17-12-11-15-30(37)34(42)26(5)6/h8-10,13-14,24-26,28-31H,11-12,15-23,37H2,1-7H3,(H,38,43)(H,39,44). The molecule has 1 aromatic carbocycles. The van der Waals surface area contributed by atoms with Crippen LogP contribution in [0.4, 0.5) is 0 Å². The Morgan fingerprint density at radius 1 is 0.848 bits per heavy atom. The predicted octanol–water partition coefficient (Wildman–Crippen LogP) is 5.13. The number of carbonyl (C=O) groups excluding carboxylic acids is 5. The molecule has 10 heteroatoms. The molecule has 9 nitrogen and oxygen atoms in total. The van der Waals surface area contributed by atoms with E-state index in [-0.39, 0.29) is 54.0 Å². The maximum atomic E-state index is 13.8. The topological polar surface area (TPSA) is 145 Å². The molecule has 0 aliphatic carbocycles.